The molecule has 0 atom stereocenters. The van der Waals surface area contributed by atoms with Gasteiger partial charge in [0.25, 0.3) is 0 Å². The van der Waals surface area contributed by atoms with Crippen LogP contribution in [0.5, 0.6) is 5.75 Å². The predicted octanol–water partition coefficient (Wildman–Crippen LogP) is 1.36. The van der Waals surface area contributed by atoms with Gasteiger partial charge >= 0.3 is 0 Å². The number of benzene rings is 1. The number of piperazine rings is 1. The van der Waals surface area contributed by atoms with Gasteiger partial charge in [0.05, 0.1) is 7.11 Å². The Bertz CT molecular complexity index is 485. The average Bonchev–Trinajstić information content (AvgIpc) is 2.64. The van der Waals surface area contributed by atoms with Crippen molar-refractivity contribution in [1.82, 2.24) is 10.2 Å². The Morgan fingerprint density at radius 1 is 1.08 bits per heavy atom. The molecule has 1 saturated heterocycles. The zero-order chi connectivity index (χ0) is 17.2. The summed E-state index contributed by atoms with van der Waals surface area (Å²) >= 11 is 0. The molecule has 1 aromatic carbocycles. The zero-order valence-electron chi connectivity index (χ0n) is 14.8. The monoisotopic (exact) mass is 335 g/mol. The third kappa shape index (κ3) is 5.69. The summed E-state index contributed by atoms with van der Waals surface area (Å²) in [5, 5.41) is 3.29. The first-order chi connectivity index (χ1) is 11.7. The van der Waals surface area contributed by atoms with Crippen LogP contribution in [0.1, 0.15) is 12.8 Å². The Morgan fingerprint density at radius 3 is 2.42 bits per heavy atom. The number of rotatable bonds is 9. The van der Waals surface area contributed by atoms with Gasteiger partial charge in [0, 0.05) is 58.5 Å². The van der Waals surface area contributed by atoms with E-state index in [0.717, 1.165) is 58.0 Å². The molecular formula is C18H29N3O3. The summed E-state index contributed by atoms with van der Waals surface area (Å²) in [6.07, 6.45) is 1.54. The van der Waals surface area contributed by atoms with Crippen molar-refractivity contribution < 1.29 is 14.3 Å². The average molecular weight is 335 g/mol. The molecule has 1 aliphatic rings. The minimum atomic E-state index is 0.239. The van der Waals surface area contributed by atoms with E-state index in [1.807, 2.05) is 17.0 Å². The van der Waals surface area contributed by atoms with Crippen LogP contribution in [-0.4, -0.2) is 70.9 Å². The van der Waals surface area contributed by atoms with Crippen molar-refractivity contribution in [3.63, 3.8) is 0 Å². The van der Waals surface area contributed by atoms with Crippen molar-refractivity contribution in [2.45, 2.75) is 12.8 Å². The second-order valence-electron chi connectivity index (χ2n) is 5.91. The van der Waals surface area contributed by atoms with Crippen LogP contribution in [0.2, 0.25) is 0 Å². The number of ether oxygens (including phenoxy) is 2. The van der Waals surface area contributed by atoms with E-state index >= 15 is 0 Å². The molecule has 1 amide bonds. The minimum absolute atomic E-state index is 0.239. The normalized spacial score (nSPS) is 14.8. The highest BCUT2D eigenvalue weighted by atomic mass is 16.5. The van der Waals surface area contributed by atoms with Gasteiger partial charge in [-0.15, -0.1) is 0 Å². The summed E-state index contributed by atoms with van der Waals surface area (Å²) in [4.78, 5) is 16.5. The summed E-state index contributed by atoms with van der Waals surface area (Å²) in [6, 6.07) is 8.09. The molecule has 0 saturated carbocycles. The third-order valence-electron chi connectivity index (χ3n) is 4.29. The van der Waals surface area contributed by atoms with Crippen LogP contribution in [0.15, 0.2) is 24.3 Å². The third-order valence-corrected chi connectivity index (χ3v) is 4.29. The number of carbonyl (C=O) groups is 1. The Labute approximate surface area is 144 Å². The van der Waals surface area contributed by atoms with Gasteiger partial charge in [-0.1, -0.05) is 0 Å². The lowest BCUT2D eigenvalue weighted by atomic mass is 10.2. The molecule has 2 rings (SSSR count). The van der Waals surface area contributed by atoms with E-state index in [-0.39, 0.29) is 5.91 Å². The van der Waals surface area contributed by atoms with Crippen molar-refractivity contribution >= 4 is 11.6 Å². The zero-order valence-corrected chi connectivity index (χ0v) is 14.8. The first-order valence-corrected chi connectivity index (χ1v) is 8.61. The van der Waals surface area contributed by atoms with E-state index in [1.165, 1.54) is 5.69 Å². The largest absolute Gasteiger partial charge is 0.497 e. The van der Waals surface area contributed by atoms with Crippen LogP contribution in [0.3, 0.4) is 0 Å². The Kier molecular flexibility index (Phi) is 7.85. The van der Waals surface area contributed by atoms with Crippen LogP contribution in [0, 0.1) is 0 Å². The lowest BCUT2D eigenvalue weighted by Gasteiger charge is -2.36. The molecule has 0 bridgehead atoms. The van der Waals surface area contributed by atoms with E-state index in [0.29, 0.717) is 6.42 Å². The van der Waals surface area contributed by atoms with Crippen molar-refractivity contribution in [2.24, 2.45) is 0 Å². The molecule has 0 spiro atoms. The quantitative estimate of drug-likeness (QED) is 0.691. The lowest BCUT2D eigenvalue weighted by molar-refractivity contribution is -0.131. The number of nitrogens with one attached hydrogen (secondary N) is 1. The number of methoxy groups -OCH3 is 2. The Morgan fingerprint density at radius 2 is 1.79 bits per heavy atom. The van der Waals surface area contributed by atoms with E-state index in [9.17, 15) is 4.79 Å². The van der Waals surface area contributed by atoms with Crippen LogP contribution in [0.25, 0.3) is 0 Å². The molecule has 1 heterocycles. The van der Waals surface area contributed by atoms with Crippen LogP contribution in [-0.2, 0) is 9.53 Å². The van der Waals surface area contributed by atoms with Gasteiger partial charge in [-0.2, -0.15) is 0 Å². The molecule has 1 fully saturated rings. The molecule has 24 heavy (non-hydrogen) atoms. The van der Waals surface area contributed by atoms with E-state index < -0.39 is 0 Å². The maximum Gasteiger partial charge on any atom is 0.223 e. The van der Waals surface area contributed by atoms with Crippen LogP contribution >= 0.6 is 0 Å². The summed E-state index contributed by atoms with van der Waals surface area (Å²) in [6.45, 7) is 5.71. The lowest BCUT2D eigenvalue weighted by Crippen LogP contribution is -2.49. The molecule has 1 aliphatic heterocycles. The fourth-order valence-corrected chi connectivity index (χ4v) is 2.83. The van der Waals surface area contributed by atoms with Gasteiger partial charge in [0.1, 0.15) is 5.75 Å². The number of carbonyl (C=O) groups excluding carboxylic acids is 1. The number of hydrogen-bond acceptors (Lipinski definition) is 5. The van der Waals surface area contributed by atoms with Gasteiger partial charge in [0.15, 0.2) is 0 Å². The summed E-state index contributed by atoms with van der Waals surface area (Å²) < 4.78 is 10.2. The van der Waals surface area contributed by atoms with Crippen molar-refractivity contribution in [2.75, 3.05) is 65.0 Å². The molecule has 0 aliphatic carbocycles. The number of nitrogens with zero attached hydrogens (tertiary/aromatic N) is 2. The summed E-state index contributed by atoms with van der Waals surface area (Å²) in [5.74, 6) is 1.11. The minimum Gasteiger partial charge on any atom is -0.497 e. The molecule has 1 aromatic rings. The molecule has 6 nitrogen and oxygen atoms in total. The standard InChI is InChI=1S/C18H29N3O3/c1-23-15-3-9-19-10-8-18(22)21-13-11-20(12-14-21)16-4-6-17(24-2)7-5-16/h4-7,19H,3,8-15H2,1-2H3. The maximum atomic E-state index is 12.2. The molecule has 0 unspecified atom stereocenters. The van der Waals surface area contributed by atoms with E-state index in [4.69, 9.17) is 9.47 Å². The second kappa shape index (κ2) is 10.2. The van der Waals surface area contributed by atoms with Crippen LogP contribution in [0.4, 0.5) is 5.69 Å². The smallest absolute Gasteiger partial charge is 0.223 e. The molecule has 0 radical (unpaired) electrons. The van der Waals surface area contributed by atoms with Gasteiger partial charge in [-0.25, -0.2) is 0 Å². The van der Waals surface area contributed by atoms with Gasteiger partial charge in [0.2, 0.25) is 5.91 Å². The first kappa shape index (κ1) is 18.5. The highest BCUT2D eigenvalue weighted by Crippen LogP contribution is 2.20. The summed E-state index contributed by atoms with van der Waals surface area (Å²) in [5.41, 5.74) is 1.18. The number of anilines is 1. The van der Waals surface area contributed by atoms with Crippen molar-refractivity contribution in [3.8, 4) is 5.75 Å². The molecule has 6 heteroatoms. The van der Waals surface area contributed by atoms with Gasteiger partial charge in [-0.05, 0) is 37.2 Å². The molecule has 1 N–H and O–H groups in total. The fourth-order valence-electron chi connectivity index (χ4n) is 2.83. The molecule has 134 valence electrons. The van der Waals surface area contributed by atoms with Gasteiger partial charge < -0.3 is 24.6 Å². The number of hydrogen-bond donors (Lipinski definition) is 1. The van der Waals surface area contributed by atoms with E-state index in [2.05, 4.69) is 22.3 Å². The molecule has 0 aromatic heterocycles. The highest BCUT2D eigenvalue weighted by Gasteiger charge is 2.20. The number of amides is 1. The Hall–Kier alpha value is -1.79. The van der Waals surface area contributed by atoms with Crippen LogP contribution < -0.4 is 15.0 Å². The Balaban J connectivity index is 1.67. The highest BCUT2D eigenvalue weighted by molar-refractivity contribution is 5.76. The van der Waals surface area contributed by atoms with Crippen molar-refractivity contribution in [3.05, 3.63) is 24.3 Å². The van der Waals surface area contributed by atoms with E-state index in [1.54, 1.807) is 14.2 Å². The van der Waals surface area contributed by atoms with Crippen molar-refractivity contribution in [1.29, 1.82) is 0 Å². The SMILES string of the molecule is COCCCNCCC(=O)N1CCN(c2ccc(OC)cc2)CC1. The maximum absolute atomic E-state index is 12.2. The second-order valence-corrected chi connectivity index (χ2v) is 5.91. The predicted molar refractivity (Wildman–Crippen MR) is 95.8 cm³/mol. The first-order valence-electron chi connectivity index (χ1n) is 8.61. The molecular weight excluding hydrogens is 306 g/mol. The topological polar surface area (TPSA) is 54.0 Å². The summed E-state index contributed by atoms with van der Waals surface area (Å²) in [7, 11) is 3.38. The van der Waals surface area contributed by atoms with Gasteiger partial charge in [-0.3, -0.25) is 4.79 Å². The fraction of sp³-hybridized carbons (Fsp3) is 0.611.